The number of aromatic amines is 1. The molecule has 0 saturated carbocycles. The first-order valence-corrected chi connectivity index (χ1v) is 5.79. The number of hydrogen-bond donors (Lipinski definition) is 1. The average molecular weight is 244 g/mol. The summed E-state index contributed by atoms with van der Waals surface area (Å²) in [5.74, 6) is -0.366. The van der Waals surface area contributed by atoms with E-state index >= 15 is 0 Å². The molecule has 1 aromatic carbocycles. The van der Waals surface area contributed by atoms with Crippen molar-refractivity contribution < 1.29 is 9.53 Å². The molecule has 0 aliphatic carbocycles. The van der Waals surface area contributed by atoms with E-state index in [1.165, 1.54) is 6.20 Å². The second kappa shape index (κ2) is 4.64. The first-order chi connectivity index (χ1) is 8.47. The summed E-state index contributed by atoms with van der Waals surface area (Å²) in [7, 11) is 0. The summed E-state index contributed by atoms with van der Waals surface area (Å²) >= 11 is 0. The standard InChI is InChI=1S/C14H16N2O2/c1-14(2,3)18-13(17)11-9-15-16-12(11)10-7-5-4-6-8-10/h4-9H,1-3H3,(H,15,16). The Balaban J connectivity index is 2.32. The summed E-state index contributed by atoms with van der Waals surface area (Å²) in [4.78, 5) is 12.0. The minimum Gasteiger partial charge on any atom is -0.456 e. The molecule has 0 aliphatic rings. The van der Waals surface area contributed by atoms with Crippen molar-refractivity contribution >= 4 is 5.97 Å². The van der Waals surface area contributed by atoms with Gasteiger partial charge in [-0.3, -0.25) is 5.10 Å². The van der Waals surface area contributed by atoms with Crippen molar-refractivity contribution in [3.8, 4) is 11.3 Å². The van der Waals surface area contributed by atoms with Crippen LogP contribution in [0, 0.1) is 0 Å². The molecule has 18 heavy (non-hydrogen) atoms. The molecule has 0 spiro atoms. The lowest BCUT2D eigenvalue weighted by Gasteiger charge is -2.19. The summed E-state index contributed by atoms with van der Waals surface area (Å²) in [6, 6.07) is 9.58. The van der Waals surface area contributed by atoms with Gasteiger partial charge in [-0.2, -0.15) is 5.10 Å². The highest BCUT2D eigenvalue weighted by atomic mass is 16.6. The average Bonchev–Trinajstić information content (AvgIpc) is 2.76. The van der Waals surface area contributed by atoms with Gasteiger partial charge in [0.15, 0.2) is 0 Å². The molecule has 0 radical (unpaired) electrons. The van der Waals surface area contributed by atoms with Crippen LogP contribution in [-0.4, -0.2) is 21.8 Å². The van der Waals surface area contributed by atoms with Gasteiger partial charge in [0.1, 0.15) is 11.2 Å². The first-order valence-electron chi connectivity index (χ1n) is 5.79. The number of ether oxygens (including phenoxy) is 1. The smallest absolute Gasteiger partial charge is 0.342 e. The molecule has 0 atom stereocenters. The van der Waals surface area contributed by atoms with E-state index in [4.69, 9.17) is 4.74 Å². The van der Waals surface area contributed by atoms with Gasteiger partial charge < -0.3 is 4.74 Å². The van der Waals surface area contributed by atoms with Gasteiger partial charge in [-0.1, -0.05) is 30.3 Å². The van der Waals surface area contributed by atoms with Crippen LogP contribution in [0.5, 0.6) is 0 Å². The molecule has 1 N–H and O–H groups in total. The van der Waals surface area contributed by atoms with Gasteiger partial charge in [0.05, 0.1) is 11.9 Å². The fraction of sp³-hybridized carbons (Fsp3) is 0.286. The second-order valence-electron chi connectivity index (χ2n) is 5.03. The van der Waals surface area contributed by atoms with Crippen LogP contribution in [0.3, 0.4) is 0 Å². The van der Waals surface area contributed by atoms with Crippen molar-refractivity contribution in [1.82, 2.24) is 10.2 Å². The Morgan fingerprint density at radius 2 is 1.89 bits per heavy atom. The number of nitrogens with zero attached hydrogens (tertiary/aromatic N) is 1. The number of esters is 1. The molecular weight excluding hydrogens is 228 g/mol. The zero-order valence-electron chi connectivity index (χ0n) is 10.7. The molecule has 2 aromatic rings. The summed E-state index contributed by atoms with van der Waals surface area (Å²) in [6.07, 6.45) is 1.50. The van der Waals surface area contributed by atoms with E-state index in [9.17, 15) is 4.79 Å². The zero-order valence-corrected chi connectivity index (χ0v) is 10.7. The predicted molar refractivity (Wildman–Crippen MR) is 69.2 cm³/mol. The largest absolute Gasteiger partial charge is 0.456 e. The van der Waals surface area contributed by atoms with Gasteiger partial charge in [-0.05, 0) is 20.8 Å². The topological polar surface area (TPSA) is 55.0 Å². The van der Waals surface area contributed by atoms with Crippen LogP contribution in [0.1, 0.15) is 31.1 Å². The minimum atomic E-state index is -0.512. The molecule has 0 aliphatic heterocycles. The van der Waals surface area contributed by atoms with E-state index < -0.39 is 5.60 Å². The molecule has 0 bridgehead atoms. The third kappa shape index (κ3) is 2.77. The number of hydrogen-bond acceptors (Lipinski definition) is 3. The summed E-state index contributed by atoms with van der Waals surface area (Å²) in [6.45, 7) is 5.52. The van der Waals surface area contributed by atoms with E-state index in [1.54, 1.807) is 0 Å². The van der Waals surface area contributed by atoms with Crippen LogP contribution in [-0.2, 0) is 4.74 Å². The van der Waals surface area contributed by atoms with Crippen molar-refractivity contribution in [1.29, 1.82) is 0 Å². The van der Waals surface area contributed by atoms with Crippen molar-refractivity contribution in [2.75, 3.05) is 0 Å². The van der Waals surface area contributed by atoms with Gasteiger partial charge in [-0.15, -0.1) is 0 Å². The normalized spacial score (nSPS) is 11.3. The van der Waals surface area contributed by atoms with Gasteiger partial charge in [0.2, 0.25) is 0 Å². The number of H-pyrrole nitrogens is 1. The van der Waals surface area contributed by atoms with Crippen LogP contribution in [0.4, 0.5) is 0 Å². The lowest BCUT2D eigenvalue weighted by Crippen LogP contribution is -2.24. The Labute approximate surface area is 106 Å². The van der Waals surface area contributed by atoms with Crippen molar-refractivity contribution in [3.63, 3.8) is 0 Å². The fourth-order valence-electron chi connectivity index (χ4n) is 1.60. The monoisotopic (exact) mass is 244 g/mol. The molecule has 4 nitrogen and oxygen atoms in total. The number of carbonyl (C=O) groups is 1. The van der Waals surface area contributed by atoms with Crippen LogP contribution in [0.15, 0.2) is 36.5 Å². The van der Waals surface area contributed by atoms with E-state index in [0.29, 0.717) is 11.3 Å². The highest BCUT2D eigenvalue weighted by molar-refractivity contribution is 5.96. The van der Waals surface area contributed by atoms with E-state index in [-0.39, 0.29) is 5.97 Å². The second-order valence-corrected chi connectivity index (χ2v) is 5.03. The predicted octanol–water partition coefficient (Wildman–Crippen LogP) is 3.03. The highest BCUT2D eigenvalue weighted by Gasteiger charge is 2.22. The number of rotatable bonds is 2. The Kier molecular flexibility index (Phi) is 3.19. The summed E-state index contributed by atoms with van der Waals surface area (Å²) in [5.41, 5.74) is 1.54. The zero-order chi connectivity index (χ0) is 13.2. The van der Waals surface area contributed by atoms with Crippen LogP contribution in [0.2, 0.25) is 0 Å². The summed E-state index contributed by atoms with van der Waals surface area (Å²) < 4.78 is 5.35. The molecule has 94 valence electrons. The molecule has 0 fully saturated rings. The molecule has 1 heterocycles. The van der Waals surface area contributed by atoms with E-state index in [1.807, 2.05) is 51.1 Å². The molecule has 0 amide bonds. The first kappa shape index (κ1) is 12.4. The number of carbonyl (C=O) groups excluding carboxylic acids is 1. The van der Waals surface area contributed by atoms with E-state index in [0.717, 1.165) is 5.56 Å². The molecule has 0 saturated heterocycles. The van der Waals surface area contributed by atoms with Crippen LogP contribution >= 0.6 is 0 Å². The Morgan fingerprint density at radius 1 is 1.22 bits per heavy atom. The third-order valence-corrected chi connectivity index (χ3v) is 2.32. The van der Waals surface area contributed by atoms with Crippen molar-refractivity contribution in [2.45, 2.75) is 26.4 Å². The molecule has 2 rings (SSSR count). The lowest BCUT2D eigenvalue weighted by atomic mass is 10.1. The molecule has 0 unspecified atom stereocenters. The summed E-state index contributed by atoms with van der Waals surface area (Å²) in [5, 5.41) is 6.76. The lowest BCUT2D eigenvalue weighted by molar-refractivity contribution is 0.00705. The van der Waals surface area contributed by atoms with Gasteiger partial charge >= 0.3 is 5.97 Å². The molecular formula is C14H16N2O2. The Bertz CT molecular complexity index is 538. The molecule has 1 aromatic heterocycles. The van der Waals surface area contributed by atoms with Crippen LogP contribution < -0.4 is 0 Å². The Morgan fingerprint density at radius 3 is 2.50 bits per heavy atom. The minimum absolute atomic E-state index is 0.366. The molecule has 4 heteroatoms. The highest BCUT2D eigenvalue weighted by Crippen LogP contribution is 2.22. The number of benzene rings is 1. The Hall–Kier alpha value is -2.10. The quantitative estimate of drug-likeness (QED) is 0.826. The number of aromatic nitrogens is 2. The third-order valence-electron chi connectivity index (χ3n) is 2.32. The maximum Gasteiger partial charge on any atom is 0.342 e. The maximum absolute atomic E-state index is 12.0. The number of nitrogens with one attached hydrogen (secondary N) is 1. The fourth-order valence-corrected chi connectivity index (χ4v) is 1.60. The van der Waals surface area contributed by atoms with Gasteiger partial charge in [0.25, 0.3) is 0 Å². The van der Waals surface area contributed by atoms with Crippen LogP contribution in [0.25, 0.3) is 11.3 Å². The van der Waals surface area contributed by atoms with Gasteiger partial charge in [-0.25, -0.2) is 4.79 Å². The maximum atomic E-state index is 12.0. The van der Waals surface area contributed by atoms with Crippen molar-refractivity contribution in [3.05, 3.63) is 42.1 Å². The SMILES string of the molecule is CC(C)(C)OC(=O)c1cn[nH]c1-c1ccccc1. The van der Waals surface area contributed by atoms with E-state index in [2.05, 4.69) is 10.2 Å². The van der Waals surface area contributed by atoms with Gasteiger partial charge in [0, 0.05) is 5.56 Å². The van der Waals surface area contributed by atoms with Crippen molar-refractivity contribution in [2.24, 2.45) is 0 Å².